The van der Waals surface area contributed by atoms with Crippen molar-refractivity contribution in [2.75, 3.05) is 6.61 Å². The van der Waals surface area contributed by atoms with Gasteiger partial charge in [0.25, 0.3) is 0 Å². The van der Waals surface area contributed by atoms with E-state index >= 15 is 8.78 Å². The Labute approximate surface area is 229 Å². The van der Waals surface area contributed by atoms with Gasteiger partial charge in [0.05, 0.1) is 6.61 Å². The molecule has 0 fully saturated rings. The summed E-state index contributed by atoms with van der Waals surface area (Å²) < 4.78 is 65.3. The second kappa shape index (κ2) is 13.8. The molecule has 1 aliphatic carbocycles. The lowest BCUT2D eigenvalue weighted by molar-refractivity contribution is 0.285. The zero-order valence-electron chi connectivity index (χ0n) is 23.0. The van der Waals surface area contributed by atoms with Crippen molar-refractivity contribution in [3.63, 3.8) is 0 Å². The molecule has 0 saturated heterocycles. The molecule has 1 unspecified atom stereocenters. The molecule has 3 aromatic carbocycles. The number of hydrogen-bond donors (Lipinski definition) is 0. The van der Waals surface area contributed by atoms with Gasteiger partial charge in [-0.2, -0.15) is 4.39 Å². The smallest absolute Gasteiger partial charge is 0.201 e. The number of hydrogen-bond acceptors (Lipinski definition) is 1. The first-order chi connectivity index (χ1) is 18.9. The van der Waals surface area contributed by atoms with Gasteiger partial charge >= 0.3 is 0 Å². The van der Waals surface area contributed by atoms with Gasteiger partial charge < -0.3 is 4.74 Å². The van der Waals surface area contributed by atoms with Crippen molar-refractivity contribution in [3.05, 3.63) is 83.4 Å². The molecular formula is C34H38F4O. The van der Waals surface area contributed by atoms with Crippen LogP contribution in [0.4, 0.5) is 17.6 Å². The largest absolute Gasteiger partial charge is 0.490 e. The molecule has 0 saturated carbocycles. The normalized spacial score (nSPS) is 15.3. The van der Waals surface area contributed by atoms with Crippen molar-refractivity contribution in [2.24, 2.45) is 5.92 Å². The van der Waals surface area contributed by atoms with E-state index in [-0.39, 0.29) is 16.9 Å². The maximum Gasteiger partial charge on any atom is 0.201 e. The first kappa shape index (κ1) is 28.9. The highest BCUT2D eigenvalue weighted by molar-refractivity contribution is 5.74. The molecule has 0 heterocycles. The maximum atomic E-state index is 15.1. The van der Waals surface area contributed by atoms with Crippen LogP contribution in [0.1, 0.15) is 83.6 Å². The minimum absolute atomic E-state index is 0.0851. The molecule has 5 heteroatoms. The Morgan fingerprint density at radius 3 is 1.87 bits per heavy atom. The SMILES string of the molecule is CCCCCCCOc1ccc(-c2ccc(-c3ccc(C4=CCC(CCC)CC4)c(F)c3F)cc2)c(F)c1F. The van der Waals surface area contributed by atoms with Crippen LogP contribution in [0.3, 0.4) is 0 Å². The van der Waals surface area contributed by atoms with Gasteiger partial charge in [0.15, 0.2) is 23.2 Å². The van der Waals surface area contributed by atoms with Gasteiger partial charge in [0.1, 0.15) is 0 Å². The van der Waals surface area contributed by atoms with Crippen LogP contribution in [0, 0.1) is 29.2 Å². The van der Waals surface area contributed by atoms with E-state index in [1.807, 2.05) is 6.08 Å². The van der Waals surface area contributed by atoms with Crippen LogP contribution in [0.5, 0.6) is 5.75 Å². The Balaban J connectivity index is 1.47. The summed E-state index contributed by atoms with van der Waals surface area (Å²) in [6, 6.07) is 12.5. The van der Waals surface area contributed by atoms with Crippen LogP contribution < -0.4 is 4.74 Å². The summed E-state index contributed by atoms with van der Waals surface area (Å²) in [6.45, 7) is 4.64. The fraction of sp³-hybridized carbons (Fsp3) is 0.412. The molecule has 1 nitrogen and oxygen atoms in total. The van der Waals surface area contributed by atoms with Crippen LogP contribution in [0.15, 0.2) is 54.6 Å². The van der Waals surface area contributed by atoms with Crippen molar-refractivity contribution >= 4 is 5.57 Å². The van der Waals surface area contributed by atoms with Crippen LogP contribution in [0.2, 0.25) is 0 Å². The van der Waals surface area contributed by atoms with Gasteiger partial charge in [-0.05, 0) is 60.4 Å². The maximum absolute atomic E-state index is 15.1. The molecule has 0 N–H and O–H groups in total. The number of benzene rings is 3. The van der Waals surface area contributed by atoms with Crippen LogP contribution in [-0.4, -0.2) is 6.61 Å². The van der Waals surface area contributed by atoms with Crippen molar-refractivity contribution in [3.8, 4) is 28.0 Å². The van der Waals surface area contributed by atoms with E-state index < -0.39 is 23.3 Å². The highest BCUT2D eigenvalue weighted by Crippen LogP contribution is 2.37. The van der Waals surface area contributed by atoms with Gasteiger partial charge in [-0.25, -0.2) is 13.2 Å². The fourth-order valence-corrected chi connectivity index (χ4v) is 5.41. The Kier molecular flexibility index (Phi) is 10.2. The third-order valence-corrected chi connectivity index (χ3v) is 7.70. The number of rotatable bonds is 12. The van der Waals surface area contributed by atoms with Crippen molar-refractivity contribution in [1.29, 1.82) is 0 Å². The first-order valence-electron chi connectivity index (χ1n) is 14.3. The summed E-state index contributed by atoms with van der Waals surface area (Å²) in [7, 11) is 0. The van der Waals surface area contributed by atoms with Crippen molar-refractivity contribution < 1.29 is 22.3 Å². The molecule has 0 radical (unpaired) electrons. The molecule has 0 aromatic heterocycles. The minimum atomic E-state index is -1.02. The molecule has 0 spiro atoms. The van der Waals surface area contributed by atoms with Crippen molar-refractivity contribution in [2.45, 2.75) is 78.1 Å². The van der Waals surface area contributed by atoms with Crippen LogP contribution >= 0.6 is 0 Å². The Bertz CT molecular complexity index is 1280. The van der Waals surface area contributed by atoms with Gasteiger partial charge in [0.2, 0.25) is 5.82 Å². The number of halogens is 4. The van der Waals surface area contributed by atoms with E-state index in [1.54, 1.807) is 36.4 Å². The molecular weight excluding hydrogens is 500 g/mol. The second-order valence-corrected chi connectivity index (χ2v) is 10.5. The predicted molar refractivity (Wildman–Crippen MR) is 152 cm³/mol. The standard InChI is InChI=1S/C34H38F4O/c1-3-5-6-7-8-22-39-30-21-20-29(33(37)34(30)38)26-16-14-25(15-17-26)28-19-18-27(31(35)32(28)36)24-12-10-23(9-4-2)11-13-24/h12,14-21,23H,3-11,13,22H2,1-2H3. The lowest BCUT2D eigenvalue weighted by atomic mass is 9.84. The Hall–Kier alpha value is -3.08. The summed E-state index contributed by atoms with van der Waals surface area (Å²) in [5.41, 5.74) is 2.31. The quantitative estimate of drug-likeness (QED) is 0.165. The number of unbranched alkanes of at least 4 members (excludes halogenated alkanes) is 4. The van der Waals surface area contributed by atoms with E-state index in [9.17, 15) is 8.78 Å². The lowest BCUT2D eigenvalue weighted by Crippen LogP contribution is -2.06. The van der Waals surface area contributed by atoms with E-state index in [0.29, 0.717) is 29.2 Å². The van der Waals surface area contributed by atoms with E-state index in [2.05, 4.69) is 13.8 Å². The number of ether oxygens (including phenoxy) is 1. The zero-order chi connectivity index (χ0) is 27.8. The van der Waals surface area contributed by atoms with Gasteiger partial charge in [-0.1, -0.05) is 94.8 Å². The summed E-state index contributed by atoms with van der Waals surface area (Å²) in [5, 5.41) is 0. The van der Waals surface area contributed by atoms with Gasteiger partial charge in [0, 0.05) is 16.7 Å². The second-order valence-electron chi connectivity index (χ2n) is 10.5. The number of allylic oxidation sites excluding steroid dienone is 2. The molecule has 0 aliphatic heterocycles. The Morgan fingerprint density at radius 2 is 1.26 bits per heavy atom. The Morgan fingerprint density at radius 1 is 0.667 bits per heavy atom. The molecule has 0 amide bonds. The van der Waals surface area contributed by atoms with Crippen molar-refractivity contribution in [1.82, 2.24) is 0 Å². The van der Waals surface area contributed by atoms with Gasteiger partial charge in [-0.15, -0.1) is 0 Å². The molecule has 1 atom stereocenters. The highest BCUT2D eigenvalue weighted by Gasteiger charge is 2.21. The zero-order valence-corrected chi connectivity index (χ0v) is 23.0. The van der Waals surface area contributed by atoms with E-state index in [4.69, 9.17) is 4.74 Å². The third-order valence-electron chi connectivity index (χ3n) is 7.70. The molecule has 208 valence electrons. The molecule has 1 aliphatic rings. The molecule has 0 bridgehead atoms. The molecule has 4 rings (SSSR count). The van der Waals surface area contributed by atoms with Crippen LogP contribution in [-0.2, 0) is 0 Å². The average Bonchev–Trinajstić information content (AvgIpc) is 2.95. The molecule has 39 heavy (non-hydrogen) atoms. The molecule has 3 aromatic rings. The lowest BCUT2D eigenvalue weighted by Gasteiger charge is -2.22. The monoisotopic (exact) mass is 538 g/mol. The van der Waals surface area contributed by atoms with Crippen LogP contribution in [0.25, 0.3) is 27.8 Å². The highest BCUT2D eigenvalue weighted by atomic mass is 19.2. The average molecular weight is 539 g/mol. The summed E-state index contributed by atoms with van der Waals surface area (Å²) in [5.74, 6) is -3.24. The van der Waals surface area contributed by atoms with E-state index in [0.717, 1.165) is 69.8 Å². The fourth-order valence-electron chi connectivity index (χ4n) is 5.41. The van der Waals surface area contributed by atoms with Gasteiger partial charge in [-0.3, -0.25) is 0 Å². The summed E-state index contributed by atoms with van der Waals surface area (Å²) >= 11 is 0. The topological polar surface area (TPSA) is 9.23 Å². The summed E-state index contributed by atoms with van der Waals surface area (Å²) in [6.07, 6.45) is 12.2. The summed E-state index contributed by atoms with van der Waals surface area (Å²) in [4.78, 5) is 0. The predicted octanol–water partition coefficient (Wildman–Crippen LogP) is 10.9. The van der Waals surface area contributed by atoms with E-state index in [1.165, 1.54) is 12.1 Å². The first-order valence-corrected chi connectivity index (χ1v) is 14.3. The third kappa shape index (κ3) is 6.93. The minimum Gasteiger partial charge on any atom is -0.490 e.